The summed E-state index contributed by atoms with van der Waals surface area (Å²) < 4.78 is 5.90. The van der Waals surface area contributed by atoms with Crippen LogP contribution in [-0.4, -0.2) is 12.1 Å². The Hall–Kier alpha value is -0.530. The highest BCUT2D eigenvalue weighted by atomic mass is 16.5. The first-order valence-electron chi connectivity index (χ1n) is 7.39. The molecule has 0 aromatic heterocycles. The van der Waals surface area contributed by atoms with Crippen LogP contribution in [0.4, 0.5) is 0 Å². The van der Waals surface area contributed by atoms with Crippen LogP contribution < -0.4 is 0 Å². The summed E-state index contributed by atoms with van der Waals surface area (Å²) in [5.74, 6) is 0.963. The molecule has 0 spiro atoms. The molecule has 3 aliphatic rings. The van der Waals surface area contributed by atoms with Crippen LogP contribution in [0.2, 0.25) is 0 Å². The van der Waals surface area contributed by atoms with Crippen molar-refractivity contribution in [2.45, 2.75) is 66.4 Å². The van der Waals surface area contributed by atoms with Gasteiger partial charge in [-0.1, -0.05) is 34.6 Å². The summed E-state index contributed by atoms with van der Waals surface area (Å²) >= 11 is 0. The molecule has 18 heavy (non-hydrogen) atoms. The van der Waals surface area contributed by atoms with Crippen molar-refractivity contribution in [2.75, 3.05) is 0 Å². The highest BCUT2D eigenvalue weighted by Gasteiger charge is 2.63. The molecule has 2 bridgehead atoms. The smallest absolute Gasteiger partial charge is 0.309 e. The fraction of sp³-hybridized carbons (Fsp3) is 0.938. The fourth-order valence-corrected chi connectivity index (χ4v) is 4.40. The third kappa shape index (κ3) is 1.44. The average Bonchev–Trinajstić information content (AvgIpc) is 2.78. The van der Waals surface area contributed by atoms with E-state index in [1.807, 2.05) is 0 Å². The zero-order valence-corrected chi connectivity index (χ0v) is 12.4. The van der Waals surface area contributed by atoms with Crippen molar-refractivity contribution in [2.24, 2.45) is 28.1 Å². The number of esters is 1. The van der Waals surface area contributed by atoms with Gasteiger partial charge in [0.1, 0.15) is 6.10 Å². The van der Waals surface area contributed by atoms with Crippen LogP contribution in [0, 0.1) is 28.1 Å². The van der Waals surface area contributed by atoms with Gasteiger partial charge in [-0.2, -0.15) is 0 Å². The van der Waals surface area contributed by atoms with Crippen LogP contribution in [0.5, 0.6) is 0 Å². The number of carbonyl (C=O) groups excluding carboxylic acids is 1. The topological polar surface area (TPSA) is 26.3 Å². The quantitative estimate of drug-likeness (QED) is 0.697. The van der Waals surface area contributed by atoms with Crippen molar-refractivity contribution in [3.8, 4) is 0 Å². The zero-order valence-electron chi connectivity index (χ0n) is 12.4. The number of rotatable bonds is 2. The Bertz CT molecular complexity index is 396. The number of hydrogen-bond acceptors (Lipinski definition) is 2. The Morgan fingerprint density at radius 1 is 1.17 bits per heavy atom. The highest BCUT2D eigenvalue weighted by Crippen LogP contribution is 2.66. The van der Waals surface area contributed by atoms with Crippen LogP contribution in [0.3, 0.4) is 0 Å². The van der Waals surface area contributed by atoms with Crippen LogP contribution in [0.25, 0.3) is 0 Å². The summed E-state index contributed by atoms with van der Waals surface area (Å²) in [5, 5.41) is 0. The second-order valence-corrected chi connectivity index (χ2v) is 8.28. The van der Waals surface area contributed by atoms with Gasteiger partial charge in [0.2, 0.25) is 0 Å². The lowest BCUT2D eigenvalue weighted by molar-refractivity contribution is -0.159. The van der Waals surface area contributed by atoms with Crippen molar-refractivity contribution < 1.29 is 9.53 Å². The lowest BCUT2D eigenvalue weighted by atomic mass is 9.70. The van der Waals surface area contributed by atoms with E-state index in [9.17, 15) is 4.79 Å². The monoisotopic (exact) mass is 250 g/mol. The van der Waals surface area contributed by atoms with E-state index in [1.165, 1.54) is 12.8 Å². The second-order valence-electron chi connectivity index (χ2n) is 8.28. The summed E-state index contributed by atoms with van der Waals surface area (Å²) in [6.45, 7) is 11.4. The second kappa shape index (κ2) is 3.32. The largest absolute Gasteiger partial charge is 0.462 e. The number of carbonyl (C=O) groups is 1. The molecule has 0 heterocycles. The molecule has 102 valence electrons. The molecule has 3 aliphatic carbocycles. The van der Waals surface area contributed by atoms with Crippen LogP contribution in [-0.2, 0) is 9.53 Å². The Morgan fingerprint density at radius 2 is 1.78 bits per heavy atom. The van der Waals surface area contributed by atoms with E-state index in [2.05, 4.69) is 34.6 Å². The number of ether oxygens (including phenoxy) is 1. The van der Waals surface area contributed by atoms with Gasteiger partial charge in [0.05, 0.1) is 5.92 Å². The number of hydrogen-bond donors (Lipinski definition) is 0. The van der Waals surface area contributed by atoms with E-state index in [-0.39, 0.29) is 28.8 Å². The van der Waals surface area contributed by atoms with Gasteiger partial charge in [0.15, 0.2) is 0 Å². The van der Waals surface area contributed by atoms with Gasteiger partial charge in [0.25, 0.3) is 0 Å². The third-order valence-corrected chi connectivity index (χ3v) is 6.77. The fourth-order valence-electron chi connectivity index (χ4n) is 4.40. The first-order valence-corrected chi connectivity index (χ1v) is 7.39. The first kappa shape index (κ1) is 12.5. The van der Waals surface area contributed by atoms with Crippen molar-refractivity contribution in [1.82, 2.24) is 0 Å². The maximum atomic E-state index is 12.2. The zero-order chi connectivity index (χ0) is 13.3. The molecule has 2 nitrogen and oxygen atoms in total. The SMILES string of the molecule is CC1(C)C[C@@H]1C(=O)O[C@H]1C[C@H]2CC[C@@]1(C)C2(C)C. The van der Waals surface area contributed by atoms with Gasteiger partial charge in [-0.25, -0.2) is 0 Å². The molecular weight excluding hydrogens is 224 g/mol. The molecule has 3 rings (SSSR count). The molecule has 3 saturated carbocycles. The lowest BCUT2D eigenvalue weighted by Crippen LogP contribution is -2.38. The summed E-state index contributed by atoms with van der Waals surface area (Å²) in [7, 11) is 0. The molecule has 0 radical (unpaired) electrons. The summed E-state index contributed by atoms with van der Waals surface area (Å²) in [6.07, 6.45) is 4.78. The highest BCUT2D eigenvalue weighted by molar-refractivity contribution is 5.77. The standard InChI is InChI=1S/C16H26O2/c1-14(2)9-11(14)13(17)18-12-8-10-6-7-16(12,5)15(10,3)4/h10-12H,6-9H2,1-5H3/t10-,11-,12+,16-/m1/s1. The predicted octanol–water partition coefficient (Wildman–Crippen LogP) is 3.79. The van der Waals surface area contributed by atoms with Crippen LogP contribution >= 0.6 is 0 Å². The van der Waals surface area contributed by atoms with Crippen molar-refractivity contribution in [1.29, 1.82) is 0 Å². The van der Waals surface area contributed by atoms with Gasteiger partial charge in [-0.15, -0.1) is 0 Å². The molecule has 0 saturated heterocycles. The van der Waals surface area contributed by atoms with Crippen molar-refractivity contribution >= 4 is 5.97 Å². The maximum absolute atomic E-state index is 12.2. The third-order valence-electron chi connectivity index (χ3n) is 6.77. The van der Waals surface area contributed by atoms with Crippen molar-refractivity contribution in [3.63, 3.8) is 0 Å². The summed E-state index contributed by atoms with van der Waals surface area (Å²) in [6, 6.07) is 0. The van der Waals surface area contributed by atoms with E-state index in [1.54, 1.807) is 0 Å². The molecule has 0 N–H and O–H groups in total. The Morgan fingerprint density at radius 3 is 2.17 bits per heavy atom. The molecule has 0 aromatic rings. The minimum Gasteiger partial charge on any atom is -0.462 e. The summed E-state index contributed by atoms with van der Waals surface area (Å²) in [4.78, 5) is 12.2. The molecular formula is C16H26O2. The molecule has 0 unspecified atom stereocenters. The van der Waals surface area contributed by atoms with Gasteiger partial charge < -0.3 is 4.74 Å². The van der Waals surface area contributed by atoms with E-state index in [0.29, 0.717) is 5.41 Å². The molecule has 3 fully saturated rings. The Kier molecular flexibility index (Phi) is 2.30. The van der Waals surface area contributed by atoms with E-state index in [4.69, 9.17) is 4.74 Å². The Balaban J connectivity index is 1.71. The average molecular weight is 250 g/mol. The Labute approximate surface area is 110 Å². The van der Waals surface area contributed by atoms with Gasteiger partial charge in [-0.05, 0) is 42.4 Å². The number of fused-ring (bicyclic) bond motifs is 2. The van der Waals surface area contributed by atoms with Crippen LogP contribution in [0.1, 0.15) is 60.3 Å². The van der Waals surface area contributed by atoms with E-state index < -0.39 is 0 Å². The van der Waals surface area contributed by atoms with Gasteiger partial charge in [-0.3, -0.25) is 4.79 Å². The molecule has 2 heteroatoms. The summed E-state index contributed by atoms with van der Waals surface area (Å²) in [5.41, 5.74) is 0.717. The molecule has 0 aromatic carbocycles. The molecule has 0 aliphatic heterocycles. The molecule has 0 amide bonds. The van der Waals surface area contributed by atoms with Crippen LogP contribution in [0.15, 0.2) is 0 Å². The normalized spacial score (nSPS) is 47.1. The molecule has 4 atom stereocenters. The minimum atomic E-state index is 0.0644. The van der Waals surface area contributed by atoms with E-state index >= 15 is 0 Å². The minimum absolute atomic E-state index is 0.0644. The lowest BCUT2D eigenvalue weighted by Gasteiger charge is -2.38. The maximum Gasteiger partial charge on any atom is 0.309 e. The van der Waals surface area contributed by atoms with Gasteiger partial charge in [0, 0.05) is 5.41 Å². The predicted molar refractivity (Wildman–Crippen MR) is 71.0 cm³/mol. The van der Waals surface area contributed by atoms with E-state index in [0.717, 1.165) is 18.8 Å². The van der Waals surface area contributed by atoms with Gasteiger partial charge >= 0.3 is 5.97 Å². The van der Waals surface area contributed by atoms with Crippen molar-refractivity contribution in [3.05, 3.63) is 0 Å². The first-order chi connectivity index (χ1) is 8.18.